The first-order valence-electron chi connectivity index (χ1n) is 6.81. The van der Waals surface area contributed by atoms with Gasteiger partial charge in [0.25, 0.3) is 5.91 Å². The molecule has 1 heterocycles. The molecule has 1 aromatic carbocycles. The monoisotopic (exact) mass is 340 g/mol. The number of carbonyl (C=O) groups is 1. The third-order valence-corrected chi connectivity index (χ3v) is 4.09. The number of halogens is 1. The molecule has 0 unspecified atom stereocenters. The number of benzene rings is 1. The molecule has 0 aliphatic carbocycles. The second-order valence-corrected chi connectivity index (χ2v) is 5.95. The zero-order valence-corrected chi connectivity index (χ0v) is 13.3. The molecule has 1 aromatic rings. The van der Waals surface area contributed by atoms with Crippen molar-refractivity contribution < 1.29 is 4.79 Å². The molecule has 1 aliphatic heterocycles. The van der Waals surface area contributed by atoms with Crippen LogP contribution in [0, 0.1) is 0 Å². The van der Waals surface area contributed by atoms with E-state index in [0.717, 1.165) is 49.4 Å². The number of carbonyl (C=O) groups excluding carboxylic acids is 1. The van der Waals surface area contributed by atoms with Crippen molar-refractivity contribution in [2.75, 3.05) is 51.2 Å². The van der Waals surface area contributed by atoms with E-state index in [1.807, 2.05) is 19.2 Å². The molecule has 0 atom stereocenters. The Balaban J connectivity index is 2.02. The Labute approximate surface area is 128 Å². The summed E-state index contributed by atoms with van der Waals surface area (Å²) in [5, 5.41) is 3.34. The summed E-state index contributed by atoms with van der Waals surface area (Å²) in [6, 6.07) is 5.55. The highest BCUT2D eigenvalue weighted by Crippen LogP contribution is 2.24. The van der Waals surface area contributed by atoms with Crippen molar-refractivity contribution in [2.45, 2.75) is 0 Å². The average Bonchev–Trinajstić information content (AvgIpc) is 2.45. The average molecular weight is 341 g/mol. The lowest BCUT2D eigenvalue weighted by molar-refractivity contribution is 0.100. The van der Waals surface area contributed by atoms with Crippen LogP contribution in [0.25, 0.3) is 0 Å². The van der Waals surface area contributed by atoms with Gasteiger partial charge in [0.1, 0.15) is 0 Å². The fourth-order valence-corrected chi connectivity index (χ4v) is 2.72. The molecule has 1 fully saturated rings. The lowest BCUT2D eigenvalue weighted by Gasteiger charge is -2.30. The second-order valence-electron chi connectivity index (χ2n) is 5.04. The topological polar surface area (TPSA) is 61.6 Å². The fourth-order valence-electron chi connectivity index (χ4n) is 2.38. The van der Waals surface area contributed by atoms with E-state index in [0.29, 0.717) is 5.56 Å². The molecular formula is C14H21BrN4O. The molecule has 0 aromatic heterocycles. The van der Waals surface area contributed by atoms with Crippen molar-refractivity contribution in [3.8, 4) is 0 Å². The van der Waals surface area contributed by atoms with Gasteiger partial charge in [-0.25, -0.2) is 0 Å². The van der Waals surface area contributed by atoms with Gasteiger partial charge < -0.3 is 16.0 Å². The highest BCUT2D eigenvalue weighted by atomic mass is 79.9. The van der Waals surface area contributed by atoms with Crippen LogP contribution >= 0.6 is 15.9 Å². The van der Waals surface area contributed by atoms with Crippen molar-refractivity contribution >= 4 is 27.5 Å². The number of primary amides is 1. The van der Waals surface area contributed by atoms with Gasteiger partial charge in [0.15, 0.2) is 0 Å². The maximum atomic E-state index is 11.5. The number of piperazine rings is 1. The first kappa shape index (κ1) is 15.3. The molecule has 2 rings (SSSR count). The molecule has 0 spiro atoms. The SMILES string of the molecule is CN(CCN1CCNCC1)c1cc(Br)ccc1C(N)=O. The van der Waals surface area contributed by atoms with Crippen LogP contribution in [-0.2, 0) is 0 Å². The van der Waals surface area contributed by atoms with E-state index in [4.69, 9.17) is 5.73 Å². The molecule has 1 amide bonds. The predicted molar refractivity (Wildman–Crippen MR) is 85.2 cm³/mol. The first-order valence-corrected chi connectivity index (χ1v) is 7.61. The van der Waals surface area contributed by atoms with Gasteiger partial charge in [0.05, 0.1) is 11.3 Å². The van der Waals surface area contributed by atoms with Gasteiger partial charge >= 0.3 is 0 Å². The zero-order valence-electron chi connectivity index (χ0n) is 11.7. The third kappa shape index (κ3) is 3.94. The van der Waals surface area contributed by atoms with Crippen molar-refractivity contribution in [3.05, 3.63) is 28.2 Å². The number of amides is 1. The lowest BCUT2D eigenvalue weighted by Crippen LogP contribution is -2.46. The maximum absolute atomic E-state index is 11.5. The van der Waals surface area contributed by atoms with E-state index in [9.17, 15) is 4.79 Å². The highest BCUT2D eigenvalue weighted by Gasteiger charge is 2.14. The Bertz CT molecular complexity index is 474. The summed E-state index contributed by atoms with van der Waals surface area (Å²) < 4.78 is 0.950. The summed E-state index contributed by atoms with van der Waals surface area (Å²) in [4.78, 5) is 16.0. The summed E-state index contributed by atoms with van der Waals surface area (Å²) in [5.41, 5.74) is 6.88. The standard InChI is InChI=1S/C14H21BrN4O/c1-18(8-9-19-6-4-17-5-7-19)13-10-11(15)2-3-12(13)14(16)20/h2-3,10,17H,4-9H2,1H3,(H2,16,20). The van der Waals surface area contributed by atoms with Gasteiger partial charge in [-0.1, -0.05) is 15.9 Å². The van der Waals surface area contributed by atoms with Gasteiger partial charge in [-0.15, -0.1) is 0 Å². The van der Waals surface area contributed by atoms with Crippen LogP contribution in [-0.4, -0.2) is 57.1 Å². The molecule has 0 bridgehead atoms. The molecule has 3 N–H and O–H groups in total. The number of likely N-dealkylation sites (N-methyl/N-ethyl adjacent to an activating group) is 1. The Hall–Kier alpha value is -1.11. The molecule has 1 saturated heterocycles. The minimum Gasteiger partial charge on any atom is -0.373 e. The Morgan fingerprint density at radius 1 is 1.45 bits per heavy atom. The molecule has 6 heteroatoms. The predicted octanol–water partition coefficient (Wildman–Crippen LogP) is 0.889. The summed E-state index contributed by atoms with van der Waals surface area (Å²) >= 11 is 3.44. The second kappa shape index (κ2) is 7.06. The van der Waals surface area contributed by atoms with Gasteiger partial charge in [0, 0.05) is 50.8 Å². The van der Waals surface area contributed by atoms with Crippen LogP contribution in [0.4, 0.5) is 5.69 Å². The van der Waals surface area contributed by atoms with E-state index in [1.54, 1.807) is 6.07 Å². The van der Waals surface area contributed by atoms with E-state index >= 15 is 0 Å². The highest BCUT2D eigenvalue weighted by molar-refractivity contribution is 9.10. The molecule has 0 radical (unpaired) electrons. The maximum Gasteiger partial charge on any atom is 0.250 e. The molecular weight excluding hydrogens is 320 g/mol. The van der Waals surface area contributed by atoms with Crippen LogP contribution in [0.2, 0.25) is 0 Å². The molecule has 0 saturated carbocycles. The van der Waals surface area contributed by atoms with Crippen LogP contribution in [0.5, 0.6) is 0 Å². The van der Waals surface area contributed by atoms with Crippen molar-refractivity contribution in [2.24, 2.45) is 5.73 Å². The molecule has 110 valence electrons. The fraction of sp³-hybridized carbons (Fsp3) is 0.500. The van der Waals surface area contributed by atoms with Gasteiger partial charge in [-0.3, -0.25) is 9.69 Å². The normalized spacial score (nSPS) is 16.1. The quantitative estimate of drug-likeness (QED) is 0.835. The first-order chi connectivity index (χ1) is 9.58. The van der Waals surface area contributed by atoms with E-state index in [1.165, 1.54) is 0 Å². The number of hydrogen-bond acceptors (Lipinski definition) is 4. The van der Waals surface area contributed by atoms with Crippen molar-refractivity contribution in [1.29, 1.82) is 0 Å². The minimum absolute atomic E-state index is 0.387. The van der Waals surface area contributed by atoms with Crippen LogP contribution < -0.4 is 16.0 Å². The molecule has 5 nitrogen and oxygen atoms in total. The zero-order chi connectivity index (χ0) is 14.5. The summed E-state index contributed by atoms with van der Waals surface area (Å²) in [6.07, 6.45) is 0. The smallest absolute Gasteiger partial charge is 0.250 e. The Morgan fingerprint density at radius 3 is 2.80 bits per heavy atom. The van der Waals surface area contributed by atoms with Crippen LogP contribution in [0.3, 0.4) is 0 Å². The summed E-state index contributed by atoms with van der Waals surface area (Å²) in [7, 11) is 2.00. The number of nitrogens with one attached hydrogen (secondary N) is 1. The largest absolute Gasteiger partial charge is 0.373 e. The van der Waals surface area contributed by atoms with Gasteiger partial charge in [-0.05, 0) is 18.2 Å². The third-order valence-electron chi connectivity index (χ3n) is 3.60. The van der Waals surface area contributed by atoms with Gasteiger partial charge in [0.2, 0.25) is 0 Å². The van der Waals surface area contributed by atoms with Crippen molar-refractivity contribution in [1.82, 2.24) is 10.2 Å². The number of nitrogens with two attached hydrogens (primary N) is 1. The number of nitrogens with zero attached hydrogens (tertiary/aromatic N) is 2. The number of rotatable bonds is 5. The van der Waals surface area contributed by atoms with E-state index < -0.39 is 0 Å². The molecule has 20 heavy (non-hydrogen) atoms. The van der Waals surface area contributed by atoms with Crippen LogP contribution in [0.15, 0.2) is 22.7 Å². The minimum atomic E-state index is -0.387. The molecule has 1 aliphatic rings. The Morgan fingerprint density at radius 2 is 2.15 bits per heavy atom. The van der Waals surface area contributed by atoms with Gasteiger partial charge in [-0.2, -0.15) is 0 Å². The van der Waals surface area contributed by atoms with Crippen molar-refractivity contribution in [3.63, 3.8) is 0 Å². The van der Waals surface area contributed by atoms with E-state index in [2.05, 4.69) is 31.0 Å². The lowest BCUT2D eigenvalue weighted by atomic mass is 10.1. The number of hydrogen-bond donors (Lipinski definition) is 2. The van der Waals surface area contributed by atoms with E-state index in [-0.39, 0.29) is 5.91 Å². The summed E-state index contributed by atoms with van der Waals surface area (Å²) in [6.45, 7) is 6.11. The Kier molecular flexibility index (Phi) is 5.39. The number of anilines is 1. The van der Waals surface area contributed by atoms with Crippen LogP contribution in [0.1, 0.15) is 10.4 Å². The summed E-state index contributed by atoms with van der Waals surface area (Å²) in [5.74, 6) is -0.387.